The summed E-state index contributed by atoms with van der Waals surface area (Å²) in [5, 5.41) is 19.1. The number of aromatic amines is 1. The lowest BCUT2D eigenvalue weighted by Crippen LogP contribution is -2.39. The van der Waals surface area contributed by atoms with Gasteiger partial charge in [-0.2, -0.15) is 0 Å². The third-order valence-electron chi connectivity index (χ3n) is 5.16. The fourth-order valence-electron chi connectivity index (χ4n) is 3.72. The van der Waals surface area contributed by atoms with E-state index in [0.717, 1.165) is 48.9 Å². The zero-order valence-electron chi connectivity index (χ0n) is 14.2. The summed E-state index contributed by atoms with van der Waals surface area (Å²) in [4.78, 5) is 5.42. The van der Waals surface area contributed by atoms with E-state index in [9.17, 15) is 5.11 Å². The van der Waals surface area contributed by atoms with Crippen molar-refractivity contribution in [2.75, 3.05) is 13.1 Å². The molecule has 0 amide bonds. The predicted octanol–water partition coefficient (Wildman–Crippen LogP) is 4.15. The normalized spacial score (nSPS) is 15.6. The highest BCUT2D eigenvalue weighted by Gasteiger charge is 2.22. The van der Waals surface area contributed by atoms with Gasteiger partial charge >= 0.3 is 0 Å². The number of nitrogens with one attached hydrogen (secondary N) is 2. The number of phenolic OH excluding ortho intramolecular Hbond substituents is 1. The number of likely N-dealkylation sites (tertiary alicyclic amines) is 1. The van der Waals surface area contributed by atoms with Crippen LogP contribution in [0.2, 0.25) is 0 Å². The molecule has 0 unspecified atom stereocenters. The van der Waals surface area contributed by atoms with Gasteiger partial charge in [-0.05, 0) is 48.9 Å². The van der Waals surface area contributed by atoms with Crippen molar-refractivity contribution in [3.63, 3.8) is 0 Å². The summed E-state index contributed by atoms with van der Waals surface area (Å²) in [7, 11) is 0. The van der Waals surface area contributed by atoms with Crippen molar-refractivity contribution in [1.82, 2.24) is 9.88 Å². The number of H-pyrrole nitrogens is 1. The van der Waals surface area contributed by atoms with Gasteiger partial charge in [0.2, 0.25) is 0 Å². The monoisotopic (exact) mass is 333 g/mol. The van der Waals surface area contributed by atoms with Crippen LogP contribution in [0.3, 0.4) is 0 Å². The molecule has 3 N–H and O–H groups in total. The van der Waals surface area contributed by atoms with Crippen molar-refractivity contribution < 1.29 is 5.11 Å². The van der Waals surface area contributed by atoms with Gasteiger partial charge in [-0.25, -0.2) is 0 Å². The van der Waals surface area contributed by atoms with Crippen molar-refractivity contribution in [3.8, 4) is 5.75 Å². The second-order valence-electron chi connectivity index (χ2n) is 6.92. The van der Waals surface area contributed by atoms with Gasteiger partial charge in [-0.3, -0.25) is 5.41 Å². The van der Waals surface area contributed by atoms with Crippen LogP contribution >= 0.6 is 0 Å². The Labute approximate surface area is 147 Å². The molecule has 0 saturated carbocycles. The summed E-state index contributed by atoms with van der Waals surface area (Å²) in [6, 6.07) is 17.9. The van der Waals surface area contributed by atoms with Crippen LogP contribution in [-0.2, 0) is 6.42 Å². The summed E-state index contributed by atoms with van der Waals surface area (Å²) < 4.78 is 0. The number of aromatic nitrogens is 1. The van der Waals surface area contributed by atoms with Gasteiger partial charge in [-0.15, -0.1) is 0 Å². The van der Waals surface area contributed by atoms with Crippen molar-refractivity contribution in [3.05, 3.63) is 65.9 Å². The van der Waals surface area contributed by atoms with Crippen LogP contribution in [0.25, 0.3) is 10.9 Å². The fourth-order valence-corrected chi connectivity index (χ4v) is 3.72. The number of hydrogen-bond acceptors (Lipinski definition) is 2. The summed E-state index contributed by atoms with van der Waals surface area (Å²) in [6.45, 7) is 1.86. The first-order valence-corrected chi connectivity index (χ1v) is 8.88. The first kappa shape index (κ1) is 15.8. The highest BCUT2D eigenvalue weighted by Crippen LogP contribution is 2.25. The molecule has 4 rings (SSSR count). The zero-order chi connectivity index (χ0) is 17.2. The van der Waals surface area contributed by atoms with Crippen LogP contribution in [0, 0.1) is 11.3 Å². The molecule has 128 valence electrons. The molecule has 4 nitrogen and oxygen atoms in total. The predicted molar refractivity (Wildman–Crippen MR) is 101 cm³/mol. The molecule has 0 atom stereocenters. The molecule has 2 heterocycles. The SMILES string of the molecule is N=C(c1cc2ccc(O)cc2[nH]1)N1CCC(Cc2ccccc2)CC1. The second-order valence-corrected chi connectivity index (χ2v) is 6.92. The van der Waals surface area contributed by atoms with Crippen molar-refractivity contribution in [1.29, 1.82) is 5.41 Å². The Hall–Kier alpha value is -2.75. The molecule has 0 aliphatic carbocycles. The Bertz CT molecular complexity index is 877. The molecule has 4 heteroatoms. The number of nitrogens with zero attached hydrogens (tertiary/aromatic N) is 1. The van der Waals surface area contributed by atoms with Crippen LogP contribution in [0.5, 0.6) is 5.75 Å². The van der Waals surface area contributed by atoms with E-state index in [0.29, 0.717) is 11.8 Å². The average molecular weight is 333 g/mol. The minimum absolute atomic E-state index is 0.245. The molecule has 1 aromatic heterocycles. The number of piperidine rings is 1. The maximum absolute atomic E-state index is 9.59. The molecule has 1 aliphatic rings. The van der Waals surface area contributed by atoms with Gasteiger partial charge in [0.15, 0.2) is 0 Å². The van der Waals surface area contributed by atoms with Crippen LogP contribution in [0.1, 0.15) is 24.1 Å². The number of fused-ring (bicyclic) bond motifs is 1. The topological polar surface area (TPSA) is 63.1 Å². The number of phenols is 1. The van der Waals surface area contributed by atoms with Crippen molar-refractivity contribution in [2.45, 2.75) is 19.3 Å². The number of aromatic hydroxyl groups is 1. The largest absolute Gasteiger partial charge is 0.508 e. The van der Waals surface area contributed by atoms with E-state index in [1.54, 1.807) is 12.1 Å². The molecule has 2 aromatic carbocycles. The molecule has 25 heavy (non-hydrogen) atoms. The summed E-state index contributed by atoms with van der Waals surface area (Å²) in [5.41, 5.74) is 3.10. The Morgan fingerprint density at radius 2 is 1.84 bits per heavy atom. The number of amidine groups is 1. The van der Waals surface area contributed by atoms with Gasteiger partial charge in [0.25, 0.3) is 0 Å². The van der Waals surface area contributed by atoms with Gasteiger partial charge in [-0.1, -0.05) is 30.3 Å². The summed E-state index contributed by atoms with van der Waals surface area (Å²) >= 11 is 0. The van der Waals surface area contributed by atoms with Crippen LogP contribution in [0.4, 0.5) is 0 Å². The van der Waals surface area contributed by atoms with Gasteiger partial charge < -0.3 is 15.0 Å². The molecule has 1 aliphatic heterocycles. The lowest BCUT2D eigenvalue weighted by molar-refractivity contribution is 0.264. The standard InChI is InChI=1S/C21H23N3O/c22-21(20-13-17-6-7-18(25)14-19(17)23-20)24-10-8-16(9-11-24)12-15-4-2-1-3-5-15/h1-7,13-14,16,22-23,25H,8-12H2. The quantitative estimate of drug-likeness (QED) is 0.498. The van der Waals surface area contributed by atoms with Gasteiger partial charge in [0.1, 0.15) is 11.6 Å². The van der Waals surface area contributed by atoms with E-state index in [1.165, 1.54) is 5.56 Å². The molecular formula is C21H23N3O. The number of rotatable bonds is 3. The molecule has 3 aromatic rings. The number of benzene rings is 2. The van der Waals surface area contributed by atoms with Gasteiger partial charge in [0.05, 0.1) is 5.69 Å². The third-order valence-corrected chi connectivity index (χ3v) is 5.16. The zero-order valence-corrected chi connectivity index (χ0v) is 14.2. The van der Waals surface area contributed by atoms with E-state index in [1.807, 2.05) is 12.1 Å². The summed E-state index contributed by atoms with van der Waals surface area (Å²) in [5.74, 6) is 1.49. The first-order chi connectivity index (χ1) is 12.2. The van der Waals surface area contributed by atoms with Crippen molar-refractivity contribution in [2.24, 2.45) is 5.92 Å². The molecule has 0 spiro atoms. The van der Waals surface area contributed by atoms with Crippen LogP contribution < -0.4 is 0 Å². The highest BCUT2D eigenvalue weighted by molar-refractivity contribution is 5.99. The third kappa shape index (κ3) is 3.38. The summed E-state index contributed by atoms with van der Waals surface area (Å²) in [6.07, 6.45) is 3.38. The molecule has 1 saturated heterocycles. The number of hydrogen-bond donors (Lipinski definition) is 3. The Morgan fingerprint density at radius 3 is 2.60 bits per heavy atom. The van der Waals surface area contributed by atoms with E-state index in [-0.39, 0.29) is 5.75 Å². The minimum Gasteiger partial charge on any atom is -0.508 e. The molecular weight excluding hydrogens is 310 g/mol. The van der Waals surface area contributed by atoms with Gasteiger partial charge in [0, 0.05) is 30.1 Å². The highest BCUT2D eigenvalue weighted by atomic mass is 16.3. The van der Waals surface area contributed by atoms with Crippen LogP contribution in [-0.4, -0.2) is 33.9 Å². The molecule has 0 bridgehead atoms. The Balaban J connectivity index is 1.40. The molecule has 0 radical (unpaired) electrons. The maximum atomic E-state index is 9.59. The lowest BCUT2D eigenvalue weighted by atomic mass is 9.90. The fraction of sp³-hybridized carbons (Fsp3) is 0.286. The smallest absolute Gasteiger partial charge is 0.144 e. The minimum atomic E-state index is 0.245. The van der Waals surface area contributed by atoms with Crippen molar-refractivity contribution >= 4 is 16.7 Å². The van der Waals surface area contributed by atoms with Crippen LogP contribution in [0.15, 0.2) is 54.6 Å². The first-order valence-electron chi connectivity index (χ1n) is 8.88. The van der Waals surface area contributed by atoms with E-state index < -0.39 is 0 Å². The second kappa shape index (κ2) is 6.63. The van der Waals surface area contributed by atoms with E-state index >= 15 is 0 Å². The Kier molecular flexibility index (Phi) is 4.18. The maximum Gasteiger partial charge on any atom is 0.144 e. The van der Waals surface area contributed by atoms with E-state index in [4.69, 9.17) is 5.41 Å². The average Bonchev–Trinajstić information content (AvgIpc) is 3.06. The van der Waals surface area contributed by atoms with E-state index in [2.05, 4.69) is 40.2 Å². The Morgan fingerprint density at radius 1 is 1.08 bits per heavy atom. The molecule has 1 fully saturated rings. The lowest BCUT2D eigenvalue weighted by Gasteiger charge is -2.33.